The van der Waals surface area contributed by atoms with E-state index < -0.39 is 0 Å². The van der Waals surface area contributed by atoms with Crippen LogP contribution in [0.25, 0.3) is 55.0 Å². The fourth-order valence-corrected chi connectivity index (χ4v) is 9.10. The summed E-state index contributed by atoms with van der Waals surface area (Å²) in [4.78, 5) is 2.47. The predicted molar refractivity (Wildman–Crippen MR) is 265 cm³/mol. The average molecular weight is 800 g/mol. The Bertz CT molecular complexity index is 2740. The molecule has 9 rings (SSSR count). The summed E-state index contributed by atoms with van der Waals surface area (Å²) in [6, 6.07) is 57.3. The molecule has 0 saturated heterocycles. The van der Waals surface area contributed by atoms with Gasteiger partial charge in [-0.05, 0) is 129 Å². The number of hydrogen-bond donors (Lipinski definition) is 0. The van der Waals surface area contributed by atoms with E-state index in [4.69, 9.17) is 0 Å². The Balaban J connectivity index is 1.47. The molecule has 308 valence electrons. The van der Waals surface area contributed by atoms with Crippen LogP contribution in [-0.4, -0.2) is 9.13 Å². The van der Waals surface area contributed by atoms with Gasteiger partial charge in [-0.3, -0.25) is 0 Å². The molecule has 0 atom stereocenters. The molecule has 2 aromatic heterocycles. The maximum Gasteiger partial charge on any atom is 0.0946 e. The molecular weight excluding hydrogens is 739 g/mol. The average Bonchev–Trinajstić information content (AvgIpc) is 3.72. The van der Waals surface area contributed by atoms with Crippen molar-refractivity contribution in [1.82, 2.24) is 9.13 Å². The first-order valence-corrected chi connectivity index (χ1v) is 22.0. The third-order valence-electron chi connectivity index (χ3n) is 12.7. The number of hydrogen-bond acceptors (Lipinski definition) is 1. The minimum atomic E-state index is 0.00297. The van der Waals surface area contributed by atoms with E-state index >= 15 is 0 Å². The van der Waals surface area contributed by atoms with Crippen LogP contribution in [0.15, 0.2) is 152 Å². The topological polar surface area (TPSA) is 13.1 Å². The summed E-state index contributed by atoms with van der Waals surface area (Å²) < 4.78 is 5.06. The highest BCUT2D eigenvalue weighted by Crippen LogP contribution is 2.48. The van der Waals surface area contributed by atoms with Crippen molar-refractivity contribution in [2.24, 2.45) is 0 Å². The second kappa shape index (κ2) is 14.3. The van der Waals surface area contributed by atoms with Crippen molar-refractivity contribution in [2.75, 3.05) is 4.90 Å². The summed E-state index contributed by atoms with van der Waals surface area (Å²) in [6.07, 6.45) is 0. The quantitative estimate of drug-likeness (QED) is 0.169. The summed E-state index contributed by atoms with van der Waals surface area (Å²) >= 11 is 0. The third kappa shape index (κ3) is 7.02. The van der Waals surface area contributed by atoms with Gasteiger partial charge in [-0.15, -0.1) is 0 Å². The van der Waals surface area contributed by atoms with Gasteiger partial charge >= 0.3 is 0 Å². The summed E-state index contributed by atoms with van der Waals surface area (Å²) in [5.41, 5.74) is 15.7. The van der Waals surface area contributed by atoms with Crippen LogP contribution in [0.1, 0.15) is 105 Å². The number of nitrogens with zero attached hydrogens (tertiary/aromatic N) is 3. The van der Waals surface area contributed by atoms with Crippen LogP contribution >= 0.6 is 0 Å². The molecule has 7 aromatic carbocycles. The molecule has 0 aliphatic carbocycles. The van der Waals surface area contributed by atoms with Crippen LogP contribution in [0.5, 0.6) is 0 Å². The fraction of sp³-hybridized carbons (Fsp3) is 0.276. The van der Waals surface area contributed by atoms with E-state index in [0.717, 1.165) is 28.4 Å². The van der Waals surface area contributed by atoms with E-state index in [1.807, 2.05) is 0 Å². The molecule has 9 aromatic rings. The smallest absolute Gasteiger partial charge is 0.0946 e. The van der Waals surface area contributed by atoms with E-state index in [9.17, 15) is 0 Å². The Hall–Kier alpha value is -6.06. The Morgan fingerprint density at radius 2 is 0.590 bits per heavy atom. The SMILES string of the molecule is CC(C)(C)c1ccc2c(c1)c1cc(C(C)(C)C)ccc1n2-c1cccc(-n2c3ccc(C(C)(C)C)cc3c3cc(C(C)(C)C)ccc32)c1N(c1ccccc1)c1ccccc1. The van der Waals surface area contributed by atoms with Crippen molar-refractivity contribution in [3.63, 3.8) is 0 Å². The molecule has 0 aliphatic rings. The minimum Gasteiger partial charge on any atom is -0.307 e. The maximum atomic E-state index is 2.53. The third-order valence-corrected chi connectivity index (χ3v) is 12.7. The Morgan fingerprint density at radius 1 is 0.311 bits per heavy atom. The van der Waals surface area contributed by atoms with Gasteiger partial charge in [-0.25, -0.2) is 0 Å². The van der Waals surface area contributed by atoms with E-state index in [1.165, 1.54) is 65.9 Å². The summed E-state index contributed by atoms with van der Waals surface area (Å²) in [5.74, 6) is 0. The molecule has 0 aliphatic heterocycles. The van der Waals surface area contributed by atoms with Crippen molar-refractivity contribution in [1.29, 1.82) is 0 Å². The summed E-state index contributed by atoms with van der Waals surface area (Å²) in [5, 5.41) is 5.10. The van der Waals surface area contributed by atoms with Crippen LogP contribution in [0.4, 0.5) is 17.1 Å². The monoisotopic (exact) mass is 799 g/mol. The minimum absolute atomic E-state index is 0.00297. The normalized spacial score (nSPS) is 12.9. The van der Waals surface area contributed by atoms with Gasteiger partial charge in [0.25, 0.3) is 0 Å². The number of fused-ring (bicyclic) bond motifs is 6. The first-order chi connectivity index (χ1) is 28.8. The molecule has 0 saturated carbocycles. The Morgan fingerprint density at radius 3 is 0.852 bits per heavy atom. The van der Waals surface area contributed by atoms with Gasteiger partial charge in [0.1, 0.15) is 0 Å². The second-order valence-corrected chi connectivity index (χ2v) is 21.2. The van der Waals surface area contributed by atoms with Gasteiger partial charge in [0.15, 0.2) is 0 Å². The molecular formula is C58H61N3. The highest BCUT2D eigenvalue weighted by Gasteiger charge is 2.29. The maximum absolute atomic E-state index is 2.53. The molecule has 3 nitrogen and oxygen atoms in total. The first kappa shape index (κ1) is 40.4. The molecule has 2 heterocycles. The molecule has 0 amide bonds. The van der Waals surface area contributed by atoms with Crippen molar-refractivity contribution >= 4 is 60.7 Å². The largest absolute Gasteiger partial charge is 0.307 e. The lowest BCUT2D eigenvalue weighted by molar-refractivity contribution is 0.590. The van der Waals surface area contributed by atoms with Crippen LogP contribution in [0.2, 0.25) is 0 Å². The molecule has 61 heavy (non-hydrogen) atoms. The lowest BCUT2D eigenvalue weighted by Gasteiger charge is -2.31. The second-order valence-electron chi connectivity index (χ2n) is 21.2. The molecule has 0 spiro atoms. The van der Waals surface area contributed by atoms with Crippen LogP contribution in [0, 0.1) is 0 Å². The first-order valence-electron chi connectivity index (χ1n) is 22.0. The van der Waals surface area contributed by atoms with E-state index in [-0.39, 0.29) is 21.7 Å². The summed E-state index contributed by atoms with van der Waals surface area (Å²) in [6.45, 7) is 27.8. The van der Waals surface area contributed by atoms with Crippen molar-refractivity contribution in [3.8, 4) is 11.4 Å². The van der Waals surface area contributed by atoms with E-state index in [2.05, 4.69) is 249 Å². The fourth-order valence-electron chi connectivity index (χ4n) is 9.10. The lowest BCUT2D eigenvalue weighted by atomic mass is 9.85. The molecule has 0 N–H and O–H groups in total. The molecule has 3 heteroatoms. The zero-order valence-electron chi connectivity index (χ0n) is 38.3. The molecule has 0 bridgehead atoms. The zero-order valence-corrected chi connectivity index (χ0v) is 38.3. The Labute approximate surface area is 363 Å². The number of para-hydroxylation sites is 3. The van der Waals surface area contributed by atoms with Gasteiger partial charge in [-0.2, -0.15) is 0 Å². The van der Waals surface area contributed by atoms with Gasteiger partial charge in [0.2, 0.25) is 0 Å². The lowest BCUT2D eigenvalue weighted by Crippen LogP contribution is -2.16. The van der Waals surface area contributed by atoms with E-state index in [1.54, 1.807) is 0 Å². The number of anilines is 3. The van der Waals surface area contributed by atoms with Gasteiger partial charge < -0.3 is 14.0 Å². The number of benzene rings is 7. The molecule has 0 radical (unpaired) electrons. The standard InChI is InChI=1S/C58H61N3/c1-55(2,3)38-26-30-48-44(34-38)45-35-39(56(4,5)6)27-31-49(45)60(48)52-24-19-25-53(54(52)59(42-20-15-13-16-21-42)43-22-17-14-18-23-43)61-50-32-28-40(57(7,8)9)36-46(50)47-37-41(58(10,11)12)29-33-51(47)61/h13-37H,1-12H3. The number of aromatic nitrogens is 2. The molecule has 0 fully saturated rings. The van der Waals surface area contributed by atoms with Gasteiger partial charge in [0.05, 0.1) is 39.1 Å². The van der Waals surface area contributed by atoms with Crippen LogP contribution in [-0.2, 0) is 21.7 Å². The molecule has 0 unspecified atom stereocenters. The summed E-state index contributed by atoms with van der Waals surface area (Å²) in [7, 11) is 0. The van der Waals surface area contributed by atoms with Crippen molar-refractivity contribution in [3.05, 3.63) is 174 Å². The van der Waals surface area contributed by atoms with Gasteiger partial charge in [0, 0.05) is 32.9 Å². The Kier molecular flexibility index (Phi) is 9.44. The van der Waals surface area contributed by atoms with Crippen LogP contribution in [0.3, 0.4) is 0 Å². The highest BCUT2D eigenvalue weighted by molar-refractivity contribution is 6.13. The zero-order chi connectivity index (χ0) is 43.2. The predicted octanol–water partition coefficient (Wildman–Crippen LogP) is 16.5. The van der Waals surface area contributed by atoms with Crippen molar-refractivity contribution in [2.45, 2.75) is 105 Å². The van der Waals surface area contributed by atoms with Gasteiger partial charge in [-0.1, -0.05) is 150 Å². The van der Waals surface area contributed by atoms with Crippen molar-refractivity contribution < 1.29 is 0 Å². The number of rotatable bonds is 5. The highest BCUT2D eigenvalue weighted by atomic mass is 15.2. The van der Waals surface area contributed by atoms with Crippen LogP contribution < -0.4 is 4.90 Å². The van der Waals surface area contributed by atoms with E-state index in [0.29, 0.717) is 0 Å².